The molecule has 1 heterocycles. The van der Waals surface area contributed by atoms with E-state index in [1.165, 1.54) is 0 Å². The first-order valence-corrected chi connectivity index (χ1v) is 7.34. The maximum Gasteiger partial charge on any atom is 0.0595 e. The number of halogens is 3. The van der Waals surface area contributed by atoms with Gasteiger partial charge < -0.3 is 5.73 Å². The molecule has 1 aromatic carbocycles. The normalized spacial score (nSPS) is 12.4. The van der Waals surface area contributed by atoms with E-state index in [1.807, 2.05) is 30.3 Å². The van der Waals surface area contributed by atoms with Crippen molar-refractivity contribution in [1.29, 1.82) is 0 Å². The van der Waals surface area contributed by atoms with Crippen molar-refractivity contribution in [3.63, 3.8) is 0 Å². The molecule has 2 aromatic rings. The molecule has 18 heavy (non-hydrogen) atoms. The minimum Gasteiger partial charge on any atom is -0.324 e. The van der Waals surface area contributed by atoms with Crippen LogP contribution in [0.4, 0.5) is 0 Å². The Bertz CT molecular complexity index is 543. The molecule has 1 aromatic heterocycles. The minimum atomic E-state index is -0.163. The fourth-order valence-electron chi connectivity index (χ4n) is 1.67. The summed E-state index contributed by atoms with van der Waals surface area (Å²) >= 11 is 13.0. The van der Waals surface area contributed by atoms with E-state index in [9.17, 15) is 0 Å². The summed E-state index contributed by atoms with van der Waals surface area (Å²) in [6.07, 6.45) is 2.42. The van der Waals surface area contributed by atoms with Gasteiger partial charge >= 0.3 is 0 Å². The van der Waals surface area contributed by atoms with Gasteiger partial charge in [-0.3, -0.25) is 4.98 Å². The Balaban J connectivity index is 2.19. The van der Waals surface area contributed by atoms with Crippen LogP contribution in [0.3, 0.4) is 0 Å². The van der Waals surface area contributed by atoms with Crippen molar-refractivity contribution in [2.75, 3.05) is 0 Å². The van der Waals surface area contributed by atoms with Gasteiger partial charge in [-0.25, -0.2) is 0 Å². The van der Waals surface area contributed by atoms with Crippen LogP contribution >= 0.6 is 43.5 Å². The molecule has 0 aliphatic rings. The van der Waals surface area contributed by atoms with Crippen LogP contribution in [0, 0.1) is 0 Å². The third-order valence-electron chi connectivity index (χ3n) is 2.60. The Hall–Kier alpha value is -0.420. The summed E-state index contributed by atoms with van der Waals surface area (Å²) in [5.41, 5.74) is 8.05. The predicted octanol–water partition coefficient (Wildman–Crippen LogP) is 4.50. The lowest BCUT2D eigenvalue weighted by atomic mass is 10.0. The van der Waals surface area contributed by atoms with Gasteiger partial charge in [0.25, 0.3) is 0 Å². The van der Waals surface area contributed by atoms with Crippen LogP contribution in [0.5, 0.6) is 0 Å². The summed E-state index contributed by atoms with van der Waals surface area (Å²) in [4.78, 5) is 4.31. The summed E-state index contributed by atoms with van der Waals surface area (Å²) in [6.45, 7) is 0. The molecule has 0 bridgehead atoms. The number of benzene rings is 1. The lowest BCUT2D eigenvalue weighted by molar-refractivity contribution is 0.706. The maximum absolute atomic E-state index is 6.22. The maximum atomic E-state index is 6.22. The Labute approximate surface area is 128 Å². The van der Waals surface area contributed by atoms with Gasteiger partial charge in [-0.2, -0.15) is 0 Å². The van der Waals surface area contributed by atoms with E-state index >= 15 is 0 Å². The van der Waals surface area contributed by atoms with E-state index in [4.69, 9.17) is 17.3 Å². The zero-order chi connectivity index (χ0) is 13.1. The molecule has 0 saturated heterocycles. The molecule has 0 radical (unpaired) electrons. The van der Waals surface area contributed by atoms with Gasteiger partial charge in [0.2, 0.25) is 0 Å². The topological polar surface area (TPSA) is 38.9 Å². The van der Waals surface area contributed by atoms with Crippen molar-refractivity contribution >= 4 is 43.5 Å². The third kappa shape index (κ3) is 3.32. The van der Waals surface area contributed by atoms with Crippen LogP contribution in [0.15, 0.2) is 45.5 Å². The van der Waals surface area contributed by atoms with Crippen molar-refractivity contribution in [2.45, 2.75) is 12.5 Å². The van der Waals surface area contributed by atoms with Crippen LogP contribution in [0.25, 0.3) is 0 Å². The van der Waals surface area contributed by atoms with Crippen molar-refractivity contribution in [3.05, 3.63) is 61.8 Å². The first kappa shape index (κ1) is 14.0. The highest BCUT2D eigenvalue weighted by Crippen LogP contribution is 2.30. The molecule has 0 amide bonds. The highest BCUT2D eigenvalue weighted by atomic mass is 79.9. The fourth-order valence-corrected chi connectivity index (χ4v) is 2.55. The second-order valence-electron chi connectivity index (χ2n) is 3.92. The van der Waals surface area contributed by atoms with Crippen molar-refractivity contribution in [1.82, 2.24) is 4.98 Å². The Morgan fingerprint density at radius 2 is 2.00 bits per heavy atom. The largest absolute Gasteiger partial charge is 0.324 e. The van der Waals surface area contributed by atoms with Crippen LogP contribution < -0.4 is 5.73 Å². The Morgan fingerprint density at radius 1 is 1.22 bits per heavy atom. The Kier molecular flexibility index (Phi) is 4.78. The average molecular weight is 391 g/mol. The monoisotopic (exact) mass is 388 g/mol. The second-order valence-corrected chi connectivity index (χ2v) is 6.07. The van der Waals surface area contributed by atoms with E-state index in [0.29, 0.717) is 11.4 Å². The highest BCUT2D eigenvalue weighted by molar-refractivity contribution is 9.10. The molecule has 1 atom stereocenters. The zero-order valence-corrected chi connectivity index (χ0v) is 13.3. The third-order valence-corrected chi connectivity index (χ3v) is 4.38. The van der Waals surface area contributed by atoms with E-state index in [-0.39, 0.29) is 6.04 Å². The number of hydrogen-bond donors (Lipinski definition) is 1. The van der Waals surface area contributed by atoms with Crippen LogP contribution in [-0.4, -0.2) is 4.98 Å². The molecule has 2 N–H and O–H groups in total. The summed E-state index contributed by atoms with van der Waals surface area (Å²) < 4.78 is 1.82. The molecule has 94 valence electrons. The molecular formula is C13H11Br2ClN2. The summed E-state index contributed by atoms with van der Waals surface area (Å²) in [5, 5.41) is 0.669. The zero-order valence-electron chi connectivity index (χ0n) is 9.41. The highest BCUT2D eigenvalue weighted by Gasteiger charge is 2.13. The van der Waals surface area contributed by atoms with Crippen LogP contribution in [-0.2, 0) is 6.42 Å². The fraction of sp³-hybridized carbons (Fsp3) is 0.154. The Morgan fingerprint density at radius 3 is 2.67 bits per heavy atom. The summed E-state index contributed by atoms with van der Waals surface area (Å²) in [6, 6.07) is 9.52. The second kappa shape index (κ2) is 6.15. The molecule has 0 aliphatic heterocycles. The molecule has 0 aliphatic carbocycles. The number of nitrogens with zero attached hydrogens (tertiary/aromatic N) is 1. The molecule has 0 saturated carbocycles. The summed E-state index contributed by atoms with van der Waals surface area (Å²) in [5.74, 6) is 0. The number of pyridine rings is 1. The standard InChI is InChI=1S/C13H11Br2ClN2/c14-8-4-5-9(18-7-8)6-12(17)10-2-1-3-11(15)13(10)16/h1-5,7,12H,6,17H2. The van der Waals surface area contributed by atoms with Gasteiger partial charge in [-0.1, -0.05) is 23.7 Å². The van der Waals surface area contributed by atoms with Gasteiger partial charge in [0.1, 0.15) is 0 Å². The van der Waals surface area contributed by atoms with Gasteiger partial charge in [-0.05, 0) is 55.6 Å². The van der Waals surface area contributed by atoms with Gasteiger partial charge in [-0.15, -0.1) is 0 Å². The molecule has 1 unspecified atom stereocenters. The SMILES string of the molecule is NC(Cc1ccc(Br)cn1)c1cccc(Br)c1Cl. The molecule has 5 heteroatoms. The number of aromatic nitrogens is 1. The molecule has 0 spiro atoms. The lowest BCUT2D eigenvalue weighted by Gasteiger charge is -2.14. The first-order valence-electron chi connectivity index (χ1n) is 5.38. The van der Waals surface area contributed by atoms with E-state index in [0.717, 1.165) is 20.2 Å². The van der Waals surface area contributed by atoms with Crippen LogP contribution in [0.2, 0.25) is 5.02 Å². The average Bonchev–Trinajstić information content (AvgIpc) is 2.35. The van der Waals surface area contributed by atoms with E-state index in [1.54, 1.807) is 6.20 Å². The lowest BCUT2D eigenvalue weighted by Crippen LogP contribution is -2.14. The van der Waals surface area contributed by atoms with Crippen LogP contribution in [0.1, 0.15) is 17.3 Å². The molecule has 0 fully saturated rings. The van der Waals surface area contributed by atoms with Gasteiger partial charge in [0, 0.05) is 33.3 Å². The molecular weight excluding hydrogens is 379 g/mol. The van der Waals surface area contributed by atoms with E-state index < -0.39 is 0 Å². The number of rotatable bonds is 3. The summed E-state index contributed by atoms with van der Waals surface area (Å²) in [7, 11) is 0. The first-order chi connectivity index (χ1) is 8.58. The predicted molar refractivity (Wildman–Crippen MR) is 81.7 cm³/mol. The van der Waals surface area contributed by atoms with E-state index in [2.05, 4.69) is 36.8 Å². The minimum absolute atomic E-state index is 0.163. The van der Waals surface area contributed by atoms with Crippen molar-refractivity contribution < 1.29 is 0 Å². The van der Waals surface area contributed by atoms with Crippen molar-refractivity contribution in [3.8, 4) is 0 Å². The smallest absolute Gasteiger partial charge is 0.0595 e. The van der Waals surface area contributed by atoms with Gasteiger partial charge in [0.15, 0.2) is 0 Å². The number of hydrogen-bond acceptors (Lipinski definition) is 2. The quantitative estimate of drug-likeness (QED) is 0.838. The molecule has 2 rings (SSSR count). The van der Waals surface area contributed by atoms with Crippen molar-refractivity contribution in [2.24, 2.45) is 5.73 Å². The number of nitrogens with two attached hydrogens (primary N) is 1. The van der Waals surface area contributed by atoms with Gasteiger partial charge in [0.05, 0.1) is 5.02 Å². The molecule has 2 nitrogen and oxygen atoms in total.